The molecule has 1 aliphatic heterocycles. The normalized spacial score (nSPS) is 21.7. The standard InChI is InChI=1S/C16H20N2O4S/c1-18(2)14-7-3-6-12-11(14)5-4-8-15(12)23(20,21)17-13-9-10-22-16(13)19/h3-8,13,16-17,19H,9-10H2,1-2H3/t13-,16?/m0/s1. The van der Waals surface area contributed by atoms with Gasteiger partial charge in [-0.05, 0) is 18.6 Å². The van der Waals surface area contributed by atoms with Crippen LogP contribution < -0.4 is 9.62 Å². The molecule has 1 fully saturated rings. The van der Waals surface area contributed by atoms with Crippen LogP contribution in [0, 0.1) is 0 Å². The van der Waals surface area contributed by atoms with E-state index in [1.54, 1.807) is 18.2 Å². The van der Waals surface area contributed by atoms with Crippen LogP contribution in [0.4, 0.5) is 5.69 Å². The molecule has 6 nitrogen and oxygen atoms in total. The van der Waals surface area contributed by atoms with Crippen molar-refractivity contribution in [1.82, 2.24) is 4.72 Å². The largest absolute Gasteiger partial charge is 0.377 e. The summed E-state index contributed by atoms with van der Waals surface area (Å²) in [6.07, 6.45) is -0.647. The van der Waals surface area contributed by atoms with E-state index in [9.17, 15) is 13.5 Å². The van der Waals surface area contributed by atoms with Crippen molar-refractivity contribution in [2.45, 2.75) is 23.6 Å². The summed E-state index contributed by atoms with van der Waals surface area (Å²) in [6.45, 7) is 0.342. The van der Waals surface area contributed by atoms with E-state index in [4.69, 9.17) is 4.74 Å². The number of ether oxygens (including phenoxy) is 1. The monoisotopic (exact) mass is 336 g/mol. The van der Waals surface area contributed by atoms with Crippen LogP contribution >= 0.6 is 0 Å². The van der Waals surface area contributed by atoms with Gasteiger partial charge in [-0.1, -0.05) is 24.3 Å². The molecule has 3 rings (SSSR count). The zero-order valence-corrected chi connectivity index (χ0v) is 13.9. The number of anilines is 1. The lowest BCUT2D eigenvalue weighted by Crippen LogP contribution is -2.40. The van der Waals surface area contributed by atoms with Crippen LogP contribution in [0.3, 0.4) is 0 Å². The number of nitrogens with one attached hydrogen (secondary N) is 1. The van der Waals surface area contributed by atoms with Crippen molar-refractivity contribution in [2.24, 2.45) is 0 Å². The minimum Gasteiger partial charge on any atom is -0.377 e. The molecule has 0 spiro atoms. The van der Waals surface area contributed by atoms with Gasteiger partial charge in [-0.15, -0.1) is 0 Å². The Morgan fingerprint density at radius 2 is 1.87 bits per heavy atom. The Kier molecular flexibility index (Phi) is 4.29. The first kappa shape index (κ1) is 16.2. The van der Waals surface area contributed by atoms with Crippen molar-refractivity contribution < 1.29 is 18.3 Å². The van der Waals surface area contributed by atoms with Crippen LogP contribution in [0.5, 0.6) is 0 Å². The van der Waals surface area contributed by atoms with Crippen molar-refractivity contribution in [2.75, 3.05) is 25.6 Å². The van der Waals surface area contributed by atoms with Crippen LogP contribution in [0.2, 0.25) is 0 Å². The third-order valence-corrected chi connectivity index (χ3v) is 5.55. The van der Waals surface area contributed by atoms with Gasteiger partial charge in [0.15, 0.2) is 6.29 Å². The van der Waals surface area contributed by atoms with E-state index in [0.717, 1.165) is 11.1 Å². The molecule has 23 heavy (non-hydrogen) atoms. The fourth-order valence-electron chi connectivity index (χ4n) is 2.84. The van der Waals surface area contributed by atoms with Gasteiger partial charge in [0.05, 0.1) is 17.5 Å². The summed E-state index contributed by atoms with van der Waals surface area (Å²) in [6, 6.07) is 10.2. The average molecular weight is 336 g/mol. The van der Waals surface area contributed by atoms with E-state index in [0.29, 0.717) is 18.4 Å². The van der Waals surface area contributed by atoms with Gasteiger partial charge in [-0.2, -0.15) is 0 Å². The summed E-state index contributed by atoms with van der Waals surface area (Å²) in [7, 11) is 0.0800. The molecule has 1 aliphatic rings. The molecular weight excluding hydrogens is 316 g/mol. The smallest absolute Gasteiger partial charge is 0.241 e. The highest BCUT2D eigenvalue weighted by molar-refractivity contribution is 7.89. The number of fused-ring (bicyclic) bond motifs is 1. The summed E-state index contributed by atoms with van der Waals surface area (Å²) in [5.41, 5.74) is 0.948. The highest BCUT2D eigenvalue weighted by Gasteiger charge is 2.31. The first-order valence-electron chi connectivity index (χ1n) is 7.41. The minimum absolute atomic E-state index is 0.206. The molecule has 0 aromatic heterocycles. The molecule has 0 aliphatic carbocycles. The van der Waals surface area contributed by atoms with Gasteiger partial charge in [0, 0.05) is 30.6 Å². The Hall–Kier alpha value is -1.67. The zero-order valence-electron chi connectivity index (χ0n) is 13.1. The second-order valence-electron chi connectivity index (χ2n) is 5.80. The first-order valence-corrected chi connectivity index (χ1v) is 8.89. The number of nitrogens with zero attached hydrogens (tertiary/aromatic N) is 1. The summed E-state index contributed by atoms with van der Waals surface area (Å²) in [5.74, 6) is 0. The quantitative estimate of drug-likeness (QED) is 0.880. The number of rotatable bonds is 4. The van der Waals surface area contributed by atoms with E-state index in [-0.39, 0.29) is 4.90 Å². The Bertz CT molecular complexity index is 820. The lowest BCUT2D eigenvalue weighted by Gasteiger charge is -2.19. The fourth-order valence-corrected chi connectivity index (χ4v) is 4.33. The van der Waals surface area contributed by atoms with Gasteiger partial charge in [-0.3, -0.25) is 0 Å². The van der Waals surface area contributed by atoms with Crippen LogP contribution in [0.1, 0.15) is 6.42 Å². The molecule has 0 saturated carbocycles. The lowest BCUT2D eigenvalue weighted by atomic mass is 10.1. The topological polar surface area (TPSA) is 78.9 Å². The Balaban J connectivity index is 2.07. The minimum atomic E-state index is -3.75. The van der Waals surface area contributed by atoms with E-state index < -0.39 is 22.4 Å². The molecule has 2 aromatic rings. The molecule has 0 amide bonds. The Morgan fingerprint density at radius 3 is 2.52 bits per heavy atom. The molecule has 1 heterocycles. The van der Waals surface area contributed by atoms with Crippen LogP contribution in [0.15, 0.2) is 41.3 Å². The molecule has 1 unspecified atom stereocenters. The summed E-state index contributed by atoms with van der Waals surface area (Å²) in [5, 5.41) is 11.2. The SMILES string of the molecule is CN(C)c1cccc2c(S(=O)(=O)N[C@H]3CCOC3O)cccc12. The molecule has 0 bridgehead atoms. The number of benzene rings is 2. The molecule has 2 atom stereocenters. The number of hydrogen-bond acceptors (Lipinski definition) is 5. The molecule has 7 heteroatoms. The van der Waals surface area contributed by atoms with Gasteiger partial charge < -0.3 is 14.7 Å². The third kappa shape index (κ3) is 3.05. The molecular formula is C16H20N2O4S. The Morgan fingerprint density at radius 1 is 1.17 bits per heavy atom. The van der Waals surface area contributed by atoms with Crippen molar-refractivity contribution in [3.8, 4) is 0 Å². The number of aliphatic hydroxyl groups is 1. The predicted molar refractivity (Wildman–Crippen MR) is 89.0 cm³/mol. The Labute approximate surface area is 135 Å². The van der Waals surface area contributed by atoms with Crippen molar-refractivity contribution in [1.29, 1.82) is 0 Å². The second kappa shape index (κ2) is 6.09. The maximum absolute atomic E-state index is 12.7. The average Bonchev–Trinajstić information content (AvgIpc) is 2.90. The second-order valence-corrected chi connectivity index (χ2v) is 7.48. The summed E-state index contributed by atoms with van der Waals surface area (Å²) < 4.78 is 33.0. The van der Waals surface area contributed by atoms with E-state index >= 15 is 0 Å². The van der Waals surface area contributed by atoms with Gasteiger partial charge in [0.25, 0.3) is 0 Å². The van der Waals surface area contributed by atoms with Crippen molar-refractivity contribution >= 4 is 26.5 Å². The number of hydrogen-bond donors (Lipinski definition) is 2. The highest BCUT2D eigenvalue weighted by atomic mass is 32.2. The lowest BCUT2D eigenvalue weighted by molar-refractivity contribution is -0.0686. The van der Waals surface area contributed by atoms with Gasteiger partial charge in [-0.25, -0.2) is 13.1 Å². The molecule has 0 radical (unpaired) electrons. The van der Waals surface area contributed by atoms with Crippen LogP contribution in [-0.2, 0) is 14.8 Å². The summed E-state index contributed by atoms with van der Waals surface area (Å²) >= 11 is 0. The maximum atomic E-state index is 12.7. The first-order chi connectivity index (χ1) is 10.9. The van der Waals surface area contributed by atoms with Gasteiger partial charge in [0.1, 0.15) is 0 Å². The van der Waals surface area contributed by atoms with E-state index in [1.165, 1.54) is 0 Å². The molecule has 124 valence electrons. The highest BCUT2D eigenvalue weighted by Crippen LogP contribution is 2.30. The van der Waals surface area contributed by atoms with Crippen LogP contribution in [0.25, 0.3) is 10.8 Å². The zero-order chi connectivity index (χ0) is 16.6. The molecule has 1 saturated heterocycles. The van der Waals surface area contributed by atoms with E-state index in [2.05, 4.69) is 4.72 Å². The van der Waals surface area contributed by atoms with E-state index in [1.807, 2.05) is 37.2 Å². The number of sulfonamides is 1. The summed E-state index contributed by atoms with van der Waals surface area (Å²) in [4.78, 5) is 2.15. The molecule has 2 aromatic carbocycles. The molecule has 2 N–H and O–H groups in total. The maximum Gasteiger partial charge on any atom is 0.241 e. The van der Waals surface area contributed by atoms with Crippen molar-refractivity contribution in [3.63, 3.8) is 0 Å². The third-order valence-electron chi connectivity index (χ3n) is 4.00. The predicted octanol–water partition coefficient (Wildman–Crippen LogP) is 1.29. The number of aliphatic hydroxyl groups excluding tert-OH is 1. The van der Waals surface area contributed by atoms with Crippen LogP contribution in [-0.4, -0.2) is 46.6 Å². The fraction of sp³-hybridized carbons (Fsp3) is 0.375. The van der Waals surface area contributed by atoms with Crippen molar-refractivity contribution in [3.05, 3.63) is 36.4 Å². The van der Waals surface area contributed by atoms with Gasteiger partial charge in [0.2, 0.25) is 10.0 Å². The van der Waals surface area contributed by atoms with Gasteiger partial charge >= 0.3 is 0 Å².